The van der Waals surface area contributed by atoms with Crippen LogP contribution in [0.4, 0.5) is 0 Å². The van der Waals surface area contributed by atoms with E-state index >= 15 is 0 Å². The SMILES string of the molecule is NCC1CCCC1c1nc(Cc2cccs2)no1. The maximum Gasteiger partial charge on any atom is 0.230 e. The van der Waals surface area contributed by atoms with Crippen molar-refractivity contribution in [1.29, 1.82) is 0 Å². The van der Waals surface area contributed by atoms with Crippen LogP contribution in [0.5, 0.6) is 0 Å². The van der Waals surface area contributed by atoms with Gasteiger partial charge in [0.05, 0.1) is 0 Å². The number of hydrogen-bond donors (Lipinski definition) is 1. The van der Waals surface area contributed by atoms with E-state index in [9.17, 15) is 0 Å². The predicted molar refractivity (Wildman–Crippen MR) is 70.6 cm³/mol. The molecule has 2 unspecified atom stereocenters. The lowest BCUT2D eigenvalue weighted by molar-refractivity contribution is 0.323. The summed E-state index contributed by atoms with van der Waals surface area (Å²) in [5.41, 5.74) is 5.79. The molecule has 4 nitrogen and oxygen atoms in total. The van der Waals surface area contributed by atoms with E-state index in [1.165, 1.54) is 17.7 Å². The highest BCUT2D eigenvalue weighted by Crippen LogP contribution is 2.38. The average Bonchev–Trinajstić information content (AvgIpc) is 3.09. The second-order valence-electron chi connectivity index (χ2n) is 4.84. The van der Waals surface area contributed by atoms with Gasteiger partial charge in [-0.2, -0.15) is 4.98 Å². The number of hydrogen-bond acceptors (Lipinski definition) is 5. The number of nitrogens with two attached hydrogens (primary N) is 1. The van der Waals surface area contributed by atoms with Gasteiger partial charge < -0.3 is 10.3 Å². The summed E-state index contributed by atoms with van der Waals surface area (Å²) < 4.78 is 5.42. The quantitative estimate of drug-likeness (QED) is 0.920. The van der Waals surface area contributed by atoms with Crippen molar-refractivity contribution in [3.8, 4) is 0 Å². The van der Waals surface area contributed by atoms with Crippen LogP contribution < -0.4 is 5.73 Å². The van der Waals surface area contributed by atoms with Crippen molar-refractivity contribution in [2.75, 3.05) is 6.54 Å². The number of rotatable bonds is 4. The Morgan fingerprint density at radius 1 is 1.44 bits per heavy atom. The van der Waals surface area contributed by atoms with E-state index in [2.05, 4.69) is 21.6 Å². The Morgan fingerprint density at radius 2 is 2.39 bits per heavy atom. The summed E-state index contributed by atoms with van der Waals surface area (Å²) in [7, 11) is 0. The van der Waals surface area contributed by atoms with Crippen molar-refractivity contribution in [3.63, 3.8) is 0 Å². The Kier molecular flexibility index (Phi) is 3.43. The van der Waals surface area contributed by atoms with E-state index < -0.39 is 0 Å². The van der Waals surface area contributed by atoms with Gasteiger partial charge in [-0.25, -0.2) is 0 Å². The van der Waals surface area contributed by atoms with Crippen molar-refractivity contribution in [3.05, 3.63) is 34.1 Å². The summed E-state index contributed by atoms with van der Waals surface area (Å²) >= 11 is 1.72. The summed E-state index contributed by atoms with van der Waals surface area (Å²) in [6.07, 6.45) is 4.29. The lowest BCUT2D eigenvalue weighted by atomic mass is 9.96. The van der Waals surface area contributed by atoms with Gasteiger partial charge in [-0.1, -0.05) is 17.6 Å². The van der Waals surface area contributed by atoms with Crippen molar-refractivity contribution in [1.82, 2.24) is 10.1 Å². The fraction of sp³-hybridized carbons (Fsp3) is 0.538. The minimum atomic E-state index is 0.375. The molecule has 5 heteroatoms. The molecule has 1 aliphatic rings. The molecular formula is C13H17N3OS. The first-order chi connectivity index (χ1) is 8.86. The van der Waals surface area contributed by atoms with Crippen LogP contribution in [0.2, 0.25) is 0 Å². The Labute approximate surface area is 110 Å². The normalized spacial score (nSPS) is 23.6. The van der Waals surface area contributed by atoms with Crippen LogP contribution >= 0.6 is 11.3 Å². The number of aromatic nitrogens is 2. The van der Waals surface area contributed by atoms with Crippen molar-refractivity contribution in [2.45, 2.75) is 31.6 Å². The van der Waals surface area contributed by atoms with Crippen LogP contribution in [-0.2, 0) is 6.42 Å². The third-order valence-electron chi connectivity index (χ3n) is 3.68. The van der Waals surface area contributed by atoms with Crippen LogP contribution in [0, 0.1) is 5.92 Å². The lowest BCUT2D eigenvalue weighted by Gasteiger charge is -2.12. The highest BCUT2D eigenvalue weighted by atomic mass is 32.1. The van der Waals surface area contributed by atoms with Crippen LogP contribution in [0.3, 0.4) is 0 Å². The molecule has 2 atom stereocenters. The molecule has 3 rings (SSSR count). The molecule has 2 heterocycles. The van der Waals surface area contributed by atoms with Crippen molar-refractivity contribution in [2.24, 2.45) is 11.7 Å². The molecule has 1 aliphatic carbocycles. The Bertz CT molecular complexity index is 494. The molecule has 2 aromatic heterocycles. The molecule has 2 N–H and O–H groups in total. The maximum atomic E-state index is 5.79. The van der Waals surface area contributed by atoms with Gasteiger partial charge in [-0.05, 0) is 36.8 Å². The van der Waals surface area contributed by atoms with Gasteiger partial charge in [0, 0.05) is 17.2 Å². The van der Waals surface area contributed by atoms with Gasteiger partial charge in [0.1, 0.15) is 0 Å². The van der Waals surface area contributed by atoms with Gasteiger partial charge in [0.25, 0.3) is 0 Å². The second kappa shape index (κ2) is 5.20. The first-order valence-electron chi connectivity index (χ1n) is 6.41. The molecule has 0 saturated heterocycles. The zero-order chi connectivity index (χ0) is 12.4. The van der Waals surface area contributed by atoms with Gasteiger partial charge in [-0.3, -0.25) is 0 Å². The van der Waals surface area contributed by atoms with Gasteiger partial charge in [-0.15, -0.1) is 11.3 Å². The minimum Gasteiger partial charge on any atom is -0.339 e. The van der Waals surface area contributed by atoms with E-state index in [1.807, 2.05) is 6.07 Å². The maximum absolute atomic E-state index is 5.79. The first-order valence-corrected chi connectivity index (χ1v) is 7.29. The highest BCUT2D eigenvalue weighted by molar-refractivity contribution is 7.09. The molecule has 96 valence electrons. The summed E-state index contributed by atoms with van der Waals surface area (Å²) in [6.45, 7) is 0.716. The third-order valence-corrected chi connectivity index (χ3v) is 4.55. The largest absolute Gasteiger partial charge is 0.339 e. The molecule has 1 fully saturated rings. The third kappa shape index (κ3) is 2.33. The van der Waals surface area contributed by atoms with Crippen molar-refractivity contribution >= 4 is 11.3 Å². The molecular weight excluding hydrogens is 246 g/mol. The average molecular weight is 263 g/mol. The van der Waals surface area contributed by atoms with Crippen molar-refractivity contribution < 1.29 is 4.52 Å². The monoisotopic (exact) mass is 263 g/mol. The van der Waals surface area contributed by atoms with Crippen LogP contribution in [0.1, 0.15) is 41.8 Å². The first kappa shape index (κ1) is 11.9. The Morgan fingerprint density at radius 3 is 3.17 bits per heavy atom. The zero-order valence-corrected chi connectivity index (χ0v) is 11.0. The minimum absolute atomic E-state index is 0.375. The zero-order valence-electron chi connectivity index (χ0n) is 10.2. The smallest absolute Gasteiger partial charge is 0.230 e. The topological polar surface area (TPSA) is 64.9 Å². The van der Waals surface area contributed by atoms with Gasteiger partial charge in [0.2, 0.25) is 5.89 Å². The number of thiophene rings is 1. The predicted octanol–water partition coefficient (Wildman–Crippen LogP) is 2.56. The second-order valence-corrected chi connectivity index (χ2v) is 5.87. The fourth-order valence-electron chi connectivity index (χ4n) is 2.70. The molecule has 0 spiro atoms. The molecule has 0 amide bonds. The highest BCUT2D eigenvalue weighted by Gasteiger charge is 2.31. The van der Waals surface area contributed by atoms with E-state index in [0.717, 1.165) is 24.6 Å². The van der Waals surface area contributed by atoms with Gasteiger partial charge in [0.15, 0.2) is 5.82 Å². The molecule has 1 saturated carbocycles. The van der Waals surface area contributed by atoms with Crippen LogP contribution in [-0.4, -0.2) is 16.7 Å². The van der Waals surface area contributed by atoms with Gasteiger partial charge >= 0.3 is 0 Å². The summed E-state index contributed by atoms with van der Waals surface area (Å²) in [4.78, 5) is 5.81. The summed E-state index contributed by atoms with van der Waals surface area (Å²) in [6, 6.07) is 4.14. The Balaban J connectivity index is 1.73. The van der Waals surface area contributed by atoms with Crippen LogP contribution in [0.15, 0.2) is 22.0 Å². The molecule has 2 aromatic rings. The fourth-order valence-corrected chi connectivity index (χ4v) is 3.40. The molecule has 0 aromatic carbocycles. The van der Waals surface area contributed by atoms with E-state index in [1.54, 1.807) is 11.3 Å². The molecule has 18 heavy (non-hydrogen) atoms. The van der Waals surface area contributed by atoms with E-state index in [0.29, 0.717) is 18.4 Å². The summed E-state index contributed by atoms with van der Waals surface area (Å²) in [5.74, 6) is 2.46. The molecule has 0 aliphatic heterocycles. The van der Waals surface area contributed by atoms with E-state index in [-0.39, 0.29) is 0 Å². The number of nitrogens with zero attached hydrogens (tertiary/aromatic N) is 2. The standard InChI is InChI=1S/C13H17N3OS/c14-8-9-3-1-5-11(9)13-15-12(16-17-13)7-10-4-2-6-18-10/h2,4,6,9,11H,1,3,5,7-8,14H2. The van der Waals surface area contributed by atoms with Crippen LogP contribution in [0.25, 0.3) is 0 Å². The Hall–Kier alpha value is -1.20. The van der Waals surface area contributed by atoms with E-state index in [4.69, 9.17) is 10.3 Å². The summed E-state index contributed by atoms with van der Waals surface area (Å²) in [5, 5.41) is 6.15. The molecule has 0 bridgehead atoms. The molecule has 0 radical (unpaired) electrons. The lowest BCUT2D eigenvalue weighted by Crippen LogP contribution is -2.17.